The minimum atomic E-state index is -0.661. The van der Waals surface area contributed by atoms with Crippen molar-refractivity contribution in [1.82, 2.24) is 10.6 Å². The molecule has 0 radical (unpaired) electrons. The molecule has 0 aliphatic heterocycles. The van der Waals surface area contributed by atoms with E-state index in [4.69, 9.17) is 0 Å². The van der Waals surface area contributed by atoms with Gasteiger partial charge in [-0.1, -0.05) is 56.3 Å². The van der Waals surface area contributed by atoms with Crippen LogP contribution >= 0.6 is 0 Å². The second-order valence-corrected chi connectivity index (χ2v) is 5.84. The molecule has 0 aliphatic carbocycles. The Bertz CT molecular complexity index is 699. The van der Waals surface area contributed by atoms with Gasteiger partial charge in [-0.05, 0) is 29.2 Å². The lowest BCUT2D eigenvalue weighted by Gasteiger charge is -2.20. The van der Waals surface area contributed by atoms with Gasteiger partial charge in [0.1, 0.15) is 6.04 Å². The van der Waals surface area contributed by atoms with Gasteiger partial charge in [0.15, 0.2) is 0 Å². The molecule has 0 spiro atoms. The number of carbonyl (C=O) groups excluding carboxylic acids is 2. The highest BCUT2D eigenvalue weighted by molar-refractivity contribution is 5.98. The van der Waals surface area contributed by atoms with Gasteiger partial charge in [-0.2, -0.15) is 0 Å². The van der Waals surface area contributed by atoms with Crippen molar-refractivity contribution in [2.45, 2.75) is 25.8 Å². The van der Waals surface area contributed by atoms with E-state index >= 15 is 0 Å². The first kappa shape index (κ1) is 17.5. The topological polar surface area (TPSA) is 70.2 Å². The quantitative estimate of drug-likeness (QED) is 0.789. The van der Waals surface area contributed by atoms with Crippen LogP contribution in [0.4, 0.5) is 10.5 Å². The van der Waals surface area contributed by atoms with Crippen LogP contribution in [0.25, 0.3) is 0 Å². The van der Waals surface area contributed by atoms with Gasteiger partial charge in [0, 0.05) is 12.7 Å². The molecule has 5 nitrogen and oxygen atoms in total. The molecule has 0 unspecified atom stereocenters. The molecule has 0 bridgehead atoms. The van der Waals surface area contributed by atoms with Gasteiger partial charge in [0.2, 0.25) is 0 Å². The lowest BCUT2D eigenvalue weighted by Crippen LogP contribution is -2.42. The van der Waals surface area contributed by atoms with Gasteiger partial charge in [-0.3, -0.25) is 10.1 Å². The molecule has 1 atom stereocenters. The van der Waals surface area contributed by atoms with Crippen molar-refractivity contribution < 1.29 is 9.59 Å². The van der Waals surface area contributed by atoms with Crippen LogP contribution in [0.5, 0.6) is 0 Å². The van der Waals surface area contributed by atoms with Gasteiger partial charge < -0.3 is 10.6 Å². The standard InChI is InChI=1S/C19H23N3O2/c1-13(2)15-10-7-11-16(12-15)21-17(14-8-5-4-6-9-14)18(23)22-19(24)20-3/h4-13,17,21H,1-3H3,(H2,20,22,23,24)/t17-/m0/s1. The predicted octanol–water partition coefficient (Wildman–Crippen LogP) is 3.42. The summed E-state index contributed by atoms with van der Waals surface area (Å²) in [6, 6.07) is 16.1. The van der Waals surface area contributed by atoms with Crippen LogP contribution in [0.15, 0.2) is 54.6 Å². The van der Waals surface area contributed by atoms with Gasteiger partial charge in [0.05, 0.1) is 0 Å². The Kier molecular flexibility index (Phi) is 5.95. The summed E-state index contributed by atoms with van der Waals surface area (Å²) in [6.45, 7) is 4.23. The summed E-state index contributed by atoms with van der Waals surface area (Å²) in [6.07, 6.45) is 0. The van der Waals surface area contributed by atoms with Crippen molar-refractivity contribution in [3.63, 3.8) is 0 Å². The first-order valence-corrected chi connectivity index (χ1v) is 7.95. The van der Waals surface area contributed by atoms with Crippen molar-refractivity contribution in [2.24, 2.45) is 0 Å². The first-order chi connectivity index (χ1) is 11.5. The van der Waals surface area contributed by atoms with Gasteiger partial charge >= 0.3 is 6.03 Å². The maximum Gasteiger partial charge on any atom is 0.321 e. The Balaban J connectivity index is 2.28. The zero-order chi connectivity index (χ0) is 17.5. The van der Waals surface area contributed by atoms with Crippen LogP contribution in [0.2, 0.25) is 0 Å². The molecular weight excluding hydrogens is 302 g/mol. The van der Waals surface area contributed by atoms with E-state index in [0.717, 1.165) is 11.3 Å². The molecule has 0 saturated heterocycles. The van der Waals surface area contributed by atoms with Crippen molar-refractivity contribution in [2.75, 3.05) is 12.4 Å². The smallest absolute Gasteiger partial charge is 0.321 e. The summed E-state index contributed by atoms with van der Waals surface area (Å²) in [7, 11) is 1.47. The molecular formula is C19H23N3O2. The minimum absolute atomic E-state index is 0.390. The van der Waals surface area contributed by atoms with E-state index in [1.165, 1.54) is 12.6 Å². The van der Waals surface area contributed by atoms with Crippen LogP contribution in [-0.4, -0.2) is 19.0 Å². The minimum Gasteiger partial charge on any atom is -0.370 e. The fourth-order valence-corrected chi connectivity index (χ4v) is 2.35. The average molecular weight is 325 g/mol. The SMILES string of the molecule is CNC(=O)NC(=O)[C@@H](Nc1cccc(C(C)C)c1)c1ccccc1. The number of rotatable bonds is 5. The Morgan fingerprint density at radius 2 is 1.58 bits per heavy atom. The van der Waals surface area contributed by atoms with Crippen molar-refractivity contribution in [3.8, 4) is 0 Å². The summed E-state index contributed by atoms with van der Waals surface area (Å²) in [5, 5.41) is 7.95. The van der Waals surface area contributed by atoms with Crippen LogP contribution in [0.3, 0.4) is 0 Å². The number of amides is 3. The molecule has 0 fully saturated rings. The average Bonchev–Trinajstić information content (AvgIpc) is 2.60. The van der Waals surface area contributed by atoms with Crippen molar-refractivity contribution in [1.29, 1.82) is 0 Å². The number of benzene rings is 2. The van der Waals surface area contributed by atoms with Gasteiger partial charge in [-0.25, -0.2) is 4.79 Å². The zero-order valence-electron chi connectivity index (χ0n) is 14.2. The second-order valence-electron chi connectivity index (χ2n) is 5.84. The Labute approximate surface area is 142 Å². The van der Waals surface area contributed by atoms with Crippen LogP contribution in [-0.2, 0) is 4.79 Å². The number of hydrogen-bond acceptors (Lipinski definition) is 3. The number of nitrogens with one attached hydrogen (secondary N) is 3. The van der Waals surface area contributed by atoms with Crippen molar-refractivity contribution >= 4 is 17.6 Å². The fourth-order valence-electron chi connectivity index (χ4n) is 2.35. The summed E-state index contributed by atoms with van der Waals surface area (Å²) in [4.78, 5) is 24.0. The highest BCUT2D eigenvalue weighted by Crippen LogP contribution is 2.23. The first-order valence-electron chi connectivity index (χ1n) is 7.95. The molecule has 2 rings (SSSR count). The molecule has 0 heterocycles. The van der Waals surface area contributed by atoms with E-state index in [2.05, 4.69) is 35.9 Å². The summed E-state index contributed by atoms with van der Waals surface area (Å²) < 4.78 is 0. The molecule has 5 heteroatoms. The molecule has 3 N–H and O–H groups in total. The highest BCUT2D eigenvalue weighted by Gasteiger charge is 2.22. The lowest BCUT2D eigenvalue weighted by atomic mass is 10.0. The third-order valence-electron chi connectivity index (χ3n) is 3.72. The van der Waals surface area contributed by atoms with Crippen LogP contribution < -0.4 is 16.0 Å². The second kappa shape index (κ2) is 8.15. The predicted molar refractivity (Wildman–Crippen MR) is 95.9 cm³/mol. The van der Waals surface area contributed by atoms with E-state index in [-0.39, 0.29) is 0 Å². The summed E-state index contributed by atoms with van der Waals surface area (Å²) >= 11 is 0. The van der Waals surface area contributed by atoms with Crippen LogP contribution in [0.1, 0.15) is 36.9 Å². The largest absolute Gasteiger partial charge is 0.370 e. The number of anilines is 1. The molecule has 0 aromatic heterocycles. The molecule has 126 valence electrons. The molecule has 2 aromatic carbocycles. The number of hydrogen-bond donors (Lipinski definition) is 3. The summed E-state index contributed by atoms with van der Waals surface area (Å²) in [5.74, 6) is -0.0166. The maximum atomic E-state index is 12.5. The fraction of sp³-hybridized carbons (Fsp3) is 0.263. The zero-order valence-corrected chi connectivity index (χ0v) is 14.2. The van der Waals surface area contributed by atoms with E-state index in [0.29, 0.717) is 5.92 Å². The number of imide groups is 1. The molecule has 0 aliphatic rings. The Morgan fingerprint density at radius 1 is 0.917 bits per heavy atom. The molecule has 0 saturated carbocycles. The van der Waals surface area contributed by atoms with E-state index in [1.54, 1.807) is 0 Å². The maximum absolute atomic E-state index is 12.5. The van der Waals surface area contributed by atoms with E-state index in [1.807, 2.05) is 48.5 Å². The van der Waals surface area contributed by atoms with Crippen molar-refractivity contribution in [3.05, 3.63) is 65.7 Å². The number of carbonyl (C=O) groups is 2. The lowest BCUT2D eigenvalue weighted by molar-refractivity contribution is -0.120. The third-order valence-corrected chi connectivity index (χ3v) is 3.72. The van der Waals surface area contributed by atoms with E-state index < -0.39 is 18.0 Å². The summed E-state index contributed by atoms with van der Waals surface area (Å²) in [5.41, 5.74) is 2.80. The molecule has 24 heavy (non-hydrogen) atoms. The monoisotopic (exact) mass is 325 g/mol. The normalized spacial score (nSPS) is 11.7. The molecule has 3 amide bonds. The Hall–Kier alpha value is -2.82. The number of urea groups is 1. The van der Waals surface area contributed by atoms with Crippen LogP contribution in [0, 0.1) is 0 Å². The van der Waals surface area contributed by atoms with Gasteiger partial charge in [-0.15, -0.1) is 0 Å². The van der Waals surface area contributed by atoms with Gasteiger partial charge in [0.25, 0.3) is 5.91 Å². The Morgan fingerprint density at radius 3 is 2.21 bits per heavy atom. The third kappa shape index (κ3) is 4.59. The molecule has 2 aromatic rings. The van der Waals surface area contributed by atoms with E-state index in [9.17, 15) is 9.59 Å². The highest BCUT2D eigenvalue weighted by atomic mass is 16.2.